The van der Waals surface area contributed by atoms with E-state index in [1.54, 1.807) is 0 Å². The number of rotatable bonds is 7. The Kier molecular flexibility index (Phi) is 5.90. The molecule has 1 aromatic rings. The first-order chi connectivity index (χ1) is 9.80. The third-order valence-corrected chi connectivity index (χ3v) is 3.56. The summed E-state index contributed by atoms with van der Waals surface area (Å²) in [7, 11) is 0. The molecule has 0 heterocycles. The summed E-state index contributed by atoms with van der Waals surface area (Å²) in [6.07, 6.45) is 1.32. The molecule has 21 heavy (non-hydrogen) atoms. The number of carboxylic acids is 1. The number of hydrogen-bond acceptors (Lipinski definition) is 3. The smallest absolute Gasteiger partial charge is 0.329 e. The summed E-state index contributed by atoms with van der Waals surface area (Å²) in [6, 6.07) is 8.65. The van der Waals surface area contributed by atoms with Gasteiger partial charge in [0, 0.05) is 6.54 Å². The monoisotopic (exact) mass is 292 g/mol. The average molecular weight is 292 g/mol. The lowest BCUT2D eigenvalue weighted by molar-refractivity contribution is -0.158. The zero-order valence-corrected chi connectivity index (χ0v) is 12.9. The van der Waals surface area contributed by atoms with E-state index < -0.39 is 17.6 Å². The van der Waals surface area contributed by atoms with Gasteiger partial charge in [-0.15, -0.1) is 0 Å². The summed E-state index contributed by atoms with van der Waals surface area (Å²) < 4.78 is 0. The predicted octanol–water partition coefficient (Wildman–Crippen LogP) is 2.01. The third-order valence-electron chi connectivity index (χ3n) is 3.56. The van der Waals surface area contributed by atoms with Gasteiger partial charge in [0.25, 0.3) is 0 Å². The van der Waals surface area contributed by atoms with E-state index in [1.807, 2.05) is 37.3 Å². The summed E-state index contributed by atoms with van der Waals surface area (Å²) in [4.78, 5) is 25.4. The van der Waals surface area contributed by atoms with E-state index in [0.29, 0.717) is 6.42 Å². The van der Waals surface area contributed by atoms with Gasteiger partial charge in [-0.05, 0) is 25.8 Å². The minimum Gasteiger partial charge on any atom is -0.480 e. The number of carbonyl (C=O) groups excluding carboxylic acids is 1. The van der Waals surface area contributed by atoms with Crippen LogP contribution in [-0.2, 0) is 16.1 Å². The molecule has 0 saturated heterocycles. The van der Waals surface area contributed by atoms with Gasteiger partial charge in [0.05, 0.1) is 6.04 Å². The second-order valence-electron chi connectivity index (χ2n) is 5.67. The van der Waals surface area contributed by atoms with Crippen molar-refractivity contribution in [3.8, 4) is 0 Å². The van der Waals surface area contributed by atoms with Gasteiger partial charge in [-0.2, -0.15) is 0 Å². The Morgan fingerprint density at radius 3 is 2.33 bits per heavy atom. The van der Waals surface area contributed by atoms with Gasteiger partial charge in [0.15, 0.2) is 0 Å². The normalized spacial score (nSPS) is 12.8. The lowest BCUT2D eigenvalue weighted by atomic mass is 9.99. The lowest BCUT2D eigenvalue weighted by Crippen LogP contribution is -2.56. The maximum absolute atomic E-state index is 12.5. The predicted molar refractivity (Wildman–Crippen MR) is 81.6 cm³/mol. The Balaban J connectivity index is 3.06. The van der Waals surface area contributed by atoms with Crippen molar-refractivity contribution in [2.45, 2.75) is 51.7 Å². The first-order valence-corrected chi connectivity index (χ1v) is 7.15. The van der Waals surface area contributed by atoms with Crippen molar-refractivity contribution in [2.24, 2.45) is 5.73 Å². The number of nitrogens with two attached hydrogens (primary N) is 1. The van der Waals surface area contributed by atoms with E-state index in [0.717, 1.165) is 12.0 Å². The molecule has 1 amide bonds. The third kappa shape index (κ3) is 4.29. The molecule has 1 rings (SSSR count). The Bertz CT molecular complexity index is 486. The fraction of sp³-hybridized carbons (Fsp3) is 0.500. The van der Waals surface area contributed by atoms with Gasteiger partial charge in [-0.25, -0.2) is 4.79 Å². The molecule has 0 aliphatic carbocycles. The zero-order valence-electron chi connectivity index (χ0n) is 12.9. The van der Waals surface area contributed by atoms with Crippen molar-refractivity contribution in [1.29, 1.82) is 0 Å². The molecule has 0 fully saturated rings. The van der Waals surface area contributed by atoms with Crippen molar-refractivity contribution in [2.75, 3.05) is 0 Å². The van der Waals surface area contributed by atoms with Gasteiger partial charge in [0.2, 0.25) is 5.91 Å². The Morgan fingerprint density at radius 2 is 1.86 bits per heavy atom. The van der Waals surface area contributed by atoms with Crippen molar-refractivity contribution in [3.05, 3.63) is 35.9 Å². The van der Waals surface area contributed by atoms with Crippen LogP contribution in [0.3, 0.4) is 0 Å². The maximum Gasteiger partial charge on any atom is 0.329 e. The summed E-state index contributed by atoms with van der Waals surface area (Å²) in [5, 5.41) is 9.42. The van der Waals surface area contributed by atoms with Crippen LogP contribution in [0.15, 0.2) is 30.3 Å². The van der Waals surface area contributed by atoms with Gasteiger partial charge >= 0.3 is 5.97 Å². The van der Waals surface area contributed by atoms with Crippen LogP contribution in [0.25, 0.3) is 0 Å². The van der Waals surface area contributed by atoms with Crippen molar-refractivity contribution in [1.82, 2.24) is 4.90 Å². The fourth-order valence-electron chi connectivity index (χ4n) is 2.07. The number of carbonyl (C=O) groups is 2. The van der Waals surface area contributed by atoms with Gasteiger partial charge in [0.1, 0.15) is 5.54 Å². The molecule has 1 unspecified atom stereocenters. The summed E-state index contributed by atoms with van der Waals surface area (Å²) in [5.74, 6) is -1.37. The summed E-state index contributed by atoms with van der Waals surface area (Å²) >= 11 is 0. The highest BCUT2D eigenvalue weighted by atomic mass is 16.4. The van der Waals surface area contributed by atoms with Crippen LogP contribution in [-0.4, -0.2) is 33.5 Å². The van der Waals surface area contributed by atoms with E-state index in [-0.39, 0.29) is 12.5 Å². The molecule has 116 valence electrons. The van der Waals surface area contributed by atoms with Crippen molar-refractivity contribution < 1.29 is 14.7 Å². The van der Waals surface area contributed by atoms with Crippen LogP contribution in [0.1, 0.15) is 39.2 Å². The maximum atomic E-state index is 12.5. The number of amides is 1. The SMILES string of the molecule is CCCC(N)C(=O)N(Cc1ccccc1)C(C)(C)C(=O)O. The topological polar surface area (TPSA) is 83.6 Å². The summed E-state index contributed by atoms with van der Waals surface area (Å²) in [6.45, 7) is 5.22. The highest BCUT2D eigenvalue weighted by Gasteiger charge is 2.39. The molecular weight excluding hydrogens is 268 g/mol. The van der Waals surface area contributed by atoms with Crippen LogP contribution in [0.5, 0.6) is 0 Å². The van der Waals surface area contributed by atoms with Crippen LogP contribution in [0.4, 0.5) is 0 Å². The van der Waals surface area contributed by atoms with E-state index in [9.17, 15) is 14.7 Å². The van der Waals surface area contributed by atoms with E-state index in [2.05, 4.69) is 0 Å². The number of aliphatic carboxylic acids is 1. The first kappa shape index (κ1) is 17.2. The zero-order chi connectivity index (χ0) is 16.0. The molecule has 3 N–H and O–H groups in total. The number of carboxylic acid groups (broad SMARTS) is 1. The van der Waals surface area contributed by atoms with Crippen LogP contribution in [0, 0.1) is 0 Å². The Labute approximate surface area is 125 Å². The highest BCUT2D eigenvalue weighted by molar-refractivity contribution is 5.89. The molecule has 0 aromatic heterocycles. The van der Waals surface area contributed by atoms with Gasteiger partial charge < -0.3 is 15.7 Å². The number of nitrogens with zero attached hydrogens (tertiary/aromatic N) is 1. The van der Waals surface area contributed by atoms with Crippen LogP contribution in [0.2, 0.25) is 0 Å². The molecular formula is C16H24N2O3. The van der Waals surface area contributed by atoms with E-state index >= 15 is 0 Å². The molecule has 0 aliphatic heterocycles. The first-order valence-electron chi connectivity index (χ1n) is 7.15. The van der Waals surface area contributed by atoms with E-state index in [4.69, 9.17) is 5.73 Å². The summed E-state index contributed by atoms with van der Waals surface area (Å²) in [5.41, 5.74) is 5.47. The molecule has 0 bridgehead atoms. The molecule has 0 spiro atoms. The second kappa shape index (κ2) is 7.22. The minimum atomic E-state index is -1.31. The molecule has 0 radical (unpaired) electrons. The van der Waals surface area contributed by atoms with Crippen molar-refractivity contribution >= 4 is 11.9 Å². The minimum absolute atomic E-state index is 0.233. The molecule has 5 heteroatoms. The van der Waals surface area contributed by atoms with Gasteiger partial charge in [-0.1, -0.05) is 43.7 Å². The molecule has 1 atom stereocenters. The molecule has 5 nitrogen and oxygen atoms in total. The average Bonchev–Trinajstić information content (AvgIpc) is 2.45. The molecule has 1 aromatic carbocycles. The van der Waals surface area contributed by atoms with Crippen LogP contribution >= 0.6 is 0 Å². The Morgan fingerprint density at radius 1 is 1.29 bits per heavy atom. The second-order valence-corrected chi connectivity index (χ2v) is 5.67. The molecule has 0 saturated carbocycles. The fourth-order valence-corrected chi connectivity index (χ4v) is 2.07. The van der Waals surface area contributed by atoms with Crippen LogP contribution < -0.4 is 5.73 Å². The lowest BCUT2D eigenvalue weighted by Gasteiger charge is -2.36. The number of benzene rings is 1. The largest absolute Gasteiger partial charge is 0.480 e. The highest BCUT2D eigenvalue weighted by Crippen LogP contribution is 2.20. The van der Waals surface area contributed by atoms with Gasteiger partial charge in [-0.3, -0.25) is 4.79 Å². The standard InChI is InChI=1S/C16H24N2O3/c1-4-8-13(17)14(19)18(16(2,3)15(20)21)11-12-9-6-5-7-10-12/h5-7,9-10,13H,4,8,11,17H2,1-3H3,(H,20,21). The quantitative estimate of drug-likeness (QED) is 0.805. The van der Waals surface area contributed by atoms with E-state index in [1.165, 1.54) is 18.7 Å². The Hall–Kier alpha value is -1.88. The van der Waals surface area contributed by atoms with Crippen molar-refractivity contribution in [3.63, 3.8) is 0 Å². The molecule has 0 aliphatic rings. The number of hydrogen-bond donors (Lipinski definition) is 2.